The van der Waals surface area contributed by atoms with E-state index in [0.717, 1.165) is 10.0 Å². The normalized spacial score (nSPS) is 15.9. The Hall–Kier alpha value is -1.12. The van der Waals surface area contributed by atoms with Crippen LogP contribution >= 0.6 is 27.5 Å². The summed E-state index contributed by atoms with van der Waals surface area (Å²) in [4.78, 5) is 0.269. The number of benzene rings is 2. The molecule has 1 fully saturated rings. The number of nitrogens with zero attached hydrogens (tertiary/aromatic N) is 1. The summed E-state index contributed by atoms with van der Waals surface area (Å²) in [5.74, 6) is 0.644. The summed E-state index contributed by atoms with van der Waals surface area (Å²) in [7, 11) is -3.51. The summed E-state index contributed by atoms with van der Waals surface area (Å²) >= 11 is 9.31. The van der Waals surface area contributed by atoms with Crippen molar-refractivity contribution in [1.82, 2.24) is 4.31 Å². The molecule has 0 bridgehead atoms. The van der Waals surface area contributed by atoms with Gasteiger partial charge in [0.15, 0.2) is 0 Å². The minimum atomic E-state index is -3.51. The Labute approximate surface area is 160 Å². The largest absolute Gasteiger partial charge is 0.488 e. The van der Waals surface area contributed by atoms with Crippen molar-refractivity contribution in [2.24, 2.45) is 0 Å². The number of halogens is 2. The van der Waals surface area contributed by atoms with Gasteiger partial charge in [-0.05, 0) is 51.8 Å². The van der Waals surface area contributed by atoms with E-state index in [-0.39, 0.29) is 11.5 Å². The zero-order chi connectivity index (χ0) is 17.9. The summed E-state index contributed by atoms with van der Waals surface area (Å²) in [6, 6.07) is 12.1. The molecule has 134 valence electrons. The van der Waals surface area contributed by atoms with Gasteiger partial charge in [-0.1, -0.05) is 23.7 Å². The van der Waals surface area contributed by atoms with Gasteiger partial charge in [0, 0.05) is 18.1 Å². The number of rotatable bonds is 5. The molecule has 5 nitrogen and oxygen atoms in total. The van der Waals surface area contributed by atoms with Crippen molar-refractivity contribution in [3.63, 3.8) is 0 Å². The van der Waals surface area contributed by atoms with Gasteiger partial charge in [0.1, 0.15) is 12.4 Å². The van der Waals surface area contributed by atoms with E-state index < -0.39 is 10.0 Å². The van der Waals surface area contributed by atoms with Crippen LogP contribution in [-0.4, -0.2) is 39.0 Å². The lowest BCUT2D eigenvalue weighted by molar-refractivity contribution is 0.0730. The fourth-order valence-electron chi connectivity index (χ4n) is 2.49. The fourth-order valence-corrected chi connectivity index (χ4v) is 4.76. The lowest BCUT2D eigenvalue weighted by Crippen LogP contribution is -2.40. The van der Waals surface area contributed by atoms with Gasteiger partial charge in [-0.15, -0.1) is 0 Å². The number of morpholine rings is 1. The molecule has 8 heteroatoms. The Bertz CT molecular complexity index is 853. The van der Waals surface area contributed by atoms with Crippen molar-refractivity contribution < 1.29 is 17.9 Å². The van der Waals surface area contributed by atoms with Crippen LogP contribution in [0.2, 0.25) is 5.02 Å². The lowest BCUT2D eigenvalue weighted by atomic mass is 10.2. The average Bonchev–Trinajstić information content (AvgIpc) is 2.62. The Balaban J connectivity index is 1.75. The van der Waals surface area contributed by atoms with Crippen molar-refractivity contribution in [3.8, 4) is 5.75 Å². The van der Waals surface area contributed by atoms with E-state index in [1.807, 2.05) is 6.07 Å². The predicted molar refractivity (Wildman–Crippen MR) is 99.5 cm³/mol. The maximum absolute atomic E-state index is 12.7. The van der Waals surface area contributed by atoms with Crippen LogP contribution in [0.4, 0.5) is 0 Å². The van der Waals surface area contributed by atoms with Crippen molar-refractivity contribution >= 4 is 37.6 Å². The highest BCUT2D eigenvalue weighted by Crippen LogP contribution is 2.29. The molecular weight excluding hydrogens is 430 g/mol. The molecular formula is C17H17BrClNO4S. The molecule has 2 aromatic rings. The Morgan fingerprint density at radius 2 is 1.92 bits per heavy atom. The third-order valence-corrected chi connectivity index (χ3v) is 6.54. The van der Waals surface area contributed by atoms with Crippen LogP contribution in [0, 0.1) is 0 Å². The molecule has 1 heterocycles. The van der Waals surface area contributed by atoms with Crippen molar-refractivity contribution in [3.05, 3.63) is 57.5 Å². The topological polar surface area (TPSA) is 55.8 Å². The molecule has 0 spiro atoms. The summed E-state index contributed by atoms with van der Waals surface area (Å²) in [6.07, 6.45) is 0. The quantitative estimate of drug-likeness (QED) is 0.703. The smallest absolute Gasteiger partial charge is 0.243 e. The third-order valence-electron chi connectivity index (χ3n) is 3.79. The summed E-state index contributed by atoms with van der Waals surface area (Å²) in [5.41, 5.74) is 0.774. The summed E-state index contributed by atoms with van der Waals surface area (Å²) in [5, 5.41) is 0.609. The van der Waals surface area contributed by atoms with Gasteiger partial charge < -0.3 is 9.47 Å². The highest BCUT2D eigenvalue weighted by Gasteiger charge is 2.26. The molecule has 3 rings (SSSR count). The van der Waals surface area contributed by atoms with E-state index in [1.54, 1.807) is 36.4 Å². The molecule has 0 amide bonds. The molecule has 25 heavy (non-hydrogen) atoms. The van der Waals surface area contributed by atoms with E-state index in [4.69, 9.17) is 21.1 Å². The van der Waals surface area contributed by atoms with Crippen LogP contribution < -0.4 is 4.74 Å². The highest BCUT2D eigenvalue weighted by molar-refractivity contribution is 9.10. The zero-order valence-corrected chi connectivity index (χ0v) is 16.5. The molecule has 0 N–H and O–H groups in total. The van der Waals surface area contributed by atoms with Crippen molar-refractivity contribution in [2.75, 3.05) is 26.3 Å². The number of hydrogen-bond donors (Lipinski definition) is 0. The van der Waals surface area contributed by atoms with Gasteiger partial charge in [-0.2, -0.15) is 4.31 Å². The maximum atomic E-state index is 12.7. The number of hydrogen-bond acceptors (Lipinski definition) is 4. The third kappa shape index (κ3) is 4.54. The fraction of sp³-hybridized carbons (Fsp3) is 0.294. The molecule has 1 aliphatic heterocycles. The second-order valence-corrected chi connectivity index (χ2v) is 8.76. The Kier molecular flexibility index (Phi) is 6.01. The molecule has 0 unspecified atom stereocenters. The van der Waals surface area contributed by atoms with Crippen LogP contribution in [0.1, 0.15) is 5.56 Å². The van der Waals surface area contributed by atoms with E-state index >= 15 is 0 Å². The molecule has 1 aliphatic rings. The Morgan fingerprint density at radius 1 is 1.16 bits per heavy atom. The second-order valence-electron chi connectivity index (χ2n) is 5.53. The van der Waals surface area contributed by atoms with E-state index in [0.29, 0.717) is 37.1 Å². The maximum Gasteiger partial charge on any atom is 0.243 e. The molecule has 0 aliphatic carbocycles. The van der Waals surface area contributed by atoms with Crippen molar-refractivity contribution in [1.29, 1.82) is 0 Å². The monoisotopic (exact) mass is 445 g/mol. The van der Waals surface area contributed by atoms with Crippen LogP contribution in [0.5, 0.6) is 5.75 Å². The molecule has 1 saturated heterocycles. The minimum absolute atomic E-state index is 0.257. The van der Waals surface area contributed by atoms with Gasteiger partial charge in [0.2, 0.25) is 10.0 Å². The SMILES string of the molecule is O=S(=O)(c1cccc(COc2ccc(Cl)cc2Br)c1)N1CCOCC1. The molecule has 0 saturated carbocycles. The van der Waals surface area contributed by atoms with Crippen LogP contribution in [-0.2, 0) is 21.4 Å². The minimum Gasteiger partial charge on any atom is -0.488 e. The van der Waals surface area contributed by atoms with Gasteiger partial charge in [-0.25, -0.2) is 8.42 Å². The second kappa shape index (κ2) is 8.05. The first-order valence-corrected chi connectivity index (χ1v) is 10.3. The number of sulfonamides is 1. The number of ether oxygens (including phenoxy) is 2. The van der Waals surface area contributed by atoms with E-state index in [9.17, 15) is 8.42 Å². The molecule has 0 atom stereocenters. The summed E-state index contributed by atoms with van der Waals surface area (Å²) in [6.45, 7) is 1.85. The molecule has 0 radical (unpaired) electrons. The first-order chi connectivity index (χ1) is 12.0. The van der Waals surface area contributed by atoms with Gasteiger partial charge in [0.25, 0.3) is 0 Å². The summed E-state index contributed by atoms with van der Waals surface area (Å²) < 4.78 is 38.6. The van der Waals surface area contributed by atoms with Crippen LogP contribution in [0.25, 0.3) is 0 Å². The van der Waals surface area contributed by atoms with Crippen LogP contribution in [0.3, 0.4) is 0 Å². The Morgan fingerprint density at radius 3 is 2.64 bits per heavy atom. The van der Waals surface area contributed by atoms with E-state index in [2.05, 4.69) is 15.9 Å². The molecule has 0 aromatic heterocycles. The molecule has 2 aromatic carbocycles. The standard InChI is InChI=1S/C17H17BrClNO4S/c18-16-11-14(19)4-5-17(16)24-12-13-2-1-3-15(10-13)25(21,22)20-6-8-23-9-7-20/h1-5,10-11H,6-9,12H2. The van der Waals surface area contributed by atoms with Gasteiger partial charge >= 0.3 is 0 Å². The average molecular weight is 447 g/mol. The predicted octanol–water partition coefficient (Wildman–Crippen LogP) is 3.70. The zero-order valence-electron chi connectivity index (χ0n) is 13.3. The van der Waals surface area contributed by atoms with E-state index in [1.165, 1.54) is 4.31 Å². The van der Waals surface area contributed by atoms with Gasteiger partial charge in [-0.3, -0.25) is 0 Å². The first-order valence-electron chi connectivity index (χ1n) is 7.71. The van der Waals surface area contributed by atoms with Crippen LogP contribution in [0.15, 0.2) is 51.8 Å². The van der Waals surface area contributed by atoms with Crippen molar-refractivity contribution in [2.45, 2.75) is 11.5 Å². The first kappa shape index (κ1) is 18.7. The highest BCUT2D eigenvalue weighted by atomic mass is 79.9. The van der Waals surface area contributed by atoms with Gasteiger partial charge in [0.05, 0.1) is 22.6 Å². The lowest BCUT2D eigenvalue weighted by Gasteiger charge is -2.26.